The maximum Gasteiger partial charge on any atom is 0.303 e. The van der Waals surface area contributed by atoms with Crippen LogP contribution in [0, 0.1) is 0 Å². The molecule has 1 aromatic rings. The first-order valence-corrected chi connectivity index (χ1v) is 4.81. The maximum atomic E-state index is 11.4. The molecule has 0 aliphatic rings. The Balaban J connectivity index is 2.27. The van der Waals surface area contributed by atoms with E-state index in [1.807, 2.05) is 0 Å². The average Bonchev–Trinajstić information content (AvgIpc) is 2.76. The van der Waals surface area contributed by atoms with Crippen LogP contribution in [0.15, 0.2) is 22.8 Å². The highest BCUT2D eigenvalue weighted by atomic mass is 16.5. The number of hydrogen-bond donors (Lipinski definition) is 0. The minimum absolute atomic E-state index is 0.0484. The lowest BCUT2D eigenvalue weighted by molar-refractivity contribution is -0.145. The van der Waals surface area contributed by atoms with E-state index in [1.165, 1.54) is 13.2 Å². The van der Waals surface area contributed by atoms with Crippen molar-refractivity contribution in [3.63, 3.8) is 0 Å². The van der Waals surface area contributed by atoms with Gasteiger partial charge in [-0.1, -0.05) is 0 Å². The Morgan fingerprint density at radius 3 is 2.62 bits per heavy atom. The van der Waals surface area contributed by atoms with Gasteiger partial charge in [0.25, 0.3) is 0 Å². The lowest BCUT2D eigenvalue weighted by Gasteiger charge is -2.00. The molecule has 0 fully saturated rings. The first-order valence-electron chi connectivity index (χ1n) is 4.81. The fourth-order valence-electron chi connectivity index (χ4n) is 1.07. The van der Waals surface area contributed by atoms with Gasteiger partial charge in [-0.25, -0.2) is 0 Å². The van der Waals surface area contributed by atoms with E-state index in [0.29, 0.717) is 0 Å². The zero-order valence-electron chi connectivity index (χ0n) is 8.89. The molecule has 5 nitrogen and oxygen atoms in total. The lowest BCUT2D eigenvalue weighted by Crippen LogP contribution is -2.13. The smallest absolute Gasteiger partial charge is 0.303 e. The van der Waals surface area contributed by atoms with Crippen LogP contribution < -0.4 is 0 Å². The van der Waals surface area contributed by atoms with Crippen LogP contribution in [-0.2, 0) is 14.3 Å². The van der Waals surface area contributed by atoms with Crippen LogP contribution in [0.25, 0.3) is 0 Å². The highest BCUT2D eigenvalue weighted by Crippen LogP contribution is 2.06. The molecule has 16 heavy (non-hydrogen) atoms. The van der Waals surface area contributed by atoms with Crippen molar-refractivity contribution < 1.29 is 23.5 Å². The number of Topliss-reactive ketones (excluding diaryl/α,β-unsaturated/α-hetero) is 2. The molecule has 0 radical (unpaired) electrons. The van der Waals surface area contributed by atoms with Gasteiger partial charge >= 0.3 is 5.97 Å². The Labute approximate surface area is 92.4 Å². The van der Waals surface area contributed by atoms with Gasteiger partial charge in [0.2, 0.25) is 0 Å². The predicted molar refractivity (Wildman–Crippen MR) is 53.9 cm³/mol. The second kappa shape index (κ2) is 5.85. The summed E-state index contributed by atoms with van der Waals surface area (Å²) in [4.78, 5) is 33.0. The van der Waals surface area contributed by atoms with Crippen molar-refractivity contribution in [3.8, 4) is 0 Å². The molecule has 86 valence electrons. The standard InChI is InChI=1S/C11H12O5/c1-8(12)16-7-9(13)4-5-10(14)11-3-2-6-15-11/h2-3,6H,4-5,7H2,1H3. The van der Waals surface area contributed by atoms with Gasteiger partial charge in [-0.15, -0.1) is 0 Å². The Hall–Kier alpha value is -1.91. The van der Waals surface area contributed by atoms with Gasteiger partial charge in [0.05, 0.1) is 6.26 Å². The largest absolute Gasteiger partial charge is 0.461 e. The monoisotopic (exact) mass is 224 g/mol. The number of ether oxygens (including phenoxy) is 1. The van der Waals surface area contributed by atoms with Crippen LogP contribution in [-0.4, -0.2) is 24.1 Å². The first-order chi connectivity index (χ1) is 7.59. The summed E-state index contributed by atoms with van der Waals surface area (Å²) in [5.41, 5.74) is 0. The molecule has 0 spiro atoms. The Bertz CT molecular complexity index is 377. The molecule has 0 saturated heterocycles. The van der Waals surface area contributed by atoms with E-state index < -0.39 is 5.97 Å². The van der Waals surface area contributed by atoms with Crippen LogP contribution in [0.3, 0.4) is 0 Å². The van der Waals surface area contributed by atoms with Gasteiger partial charge in [-0.2, -0.15) is 0 Å². The fourth-order valence-corrected chi connectivity index (χ4v) is 1.07. The van der Waals surface area contributed by atoms with E-state index in [0.717, 1.165) is 0 Å². The van der Waals surface area contributed by atoms with Crippen LogP contribution in [0.4, 0.5) is 0 Å². The number of ketones is 2. The summed E-state index contributed by atoms with van der Waals surface area (Å²) >= 11 is 0. The molecule has 0 atom stereocenters. The van der Waals surface area contributed by atoms with E-state index >= 15 is 0 Å². The third kappa shape index (κ3) is 4.08. The molecule has 0 unspecified atom stereocenters. The van der Waals surface area contributed by atoms with Gasteiger partial charge in [0.15, 0.2) is 17.3 Å². The third-order valence-electron chi connectivity index (χ3n) is 1.86. The van der Waals surface area contributed by atoms with Gasteiger partial charge in [-0.05, 0) is 12.1 Å². The summed E-state index contributed by atoms with van der Waals surface area (Å²) in [6.45, 7) is 0.946. The minimum atomic E-state index is -0.509. The average molecular weight is 224 g/mol. The molecular weight excluding hydrogens is 212 g/mol. The second-order valence-electron chi connectivity index (χ2n) is 3.22. The zero-order valence-corrected chi connectivity index (χ0v) is 8.89. The number of furan rings is 1. The maximum absolute atomic E-state index is 11.4. The number of hydrogen-bond acceptors (Lipinski definition) is 5. The number of carbonyl (C=O) groups excluding carboxylic acids is 3. The molecule has 5 heteroatoms. The van der Waals surface area contributed by atoms with Crippen LogP contribution >= 0.6 is 0 Å². The van der Waals surface area contributed by atoms with Crippen molar-refractivity contribution in [2.75, 3.05) is 6.61 Å². The van der Waals surface area contributed by atoms with Gasteiger partial charge in [0.1, 0.15) is 6.61 Å². The Morgan fingerprint density at radius 2 is 2.06 bits per heavy atom. The lowest BCUT2D eigenvalue weighted by atomic mass is 10.1. The van der Waals surface area contributed by atoms with Crippen molar-refractivity contribution in [2.45, 2.75) is 19.8 Å². The highest BCUT2D eigenvalue weighted by Gasteiger charge is 2.12. The van der Waals surface area contributed by atoms with E-state index in [4.69, 9.17) is 4.42 Å². The number of rotatable bonds is 6. The molecule has 0 aliphatic heterocycles. The summed E-state index contributed by atoms with van der Waals surface area (Å²) in [6.07, 6.45) is 1.51. The summed E-state index contributed by atoms with van der Waals surface area (Å²) in [6, 6.07) is 3.15. The minimum Gasteiger partial charge on any atom is -0.461 e. The molecule has 0 saturated carbocycles. The molecule has 1 rings (SSSR count). The van der Waals surface area contributed by atoms with Crippen molar-refractivity contribution >= 4 is 17.5 Å². The zero-order chi connectivity index (χ0) is 12.0. The van der Waals surface area contributed by atoms with Gasteiger partial charge < -0.3 is 9.15 Å². The van der Waals surface area contributed by atoms with Crippen LogP contribution in [0.5, 0.6) is 0 Å². The first kappa shape index (κ1) is 12.2. The van der Waals surface area contributed by atoms with E-state index in [2.05, 4.69) is 4.74 Å². The normalized spacial score (nSPS) is 9.81. The third-order valence-corrected chi connectivity index (χ3v) is 1.86. The molecule has 0 aliphatic carbocycles. The SMILES string of the molecule is CC(=O)OCC(=O)CCC(=O)c1ccco1. The molecule has 0 bridgehead atoms. The molecular formula is C11H12O5. The van der Waals surface area contributed by atoms with E-state index in [1.54, 1.807) is 12.1 Å². The van der Waals surface area contributed by atoms with Crippen LogP contribution in [0.2, 0.25) is 0 Å². The van der Waals surface area contributed by atoms with Gasteiger partial charge in [0, 0.05) is 19.8 Å². The van der Waals surface area contributed by atoms with Crippen molar-refractivity contribution in [1.82, 2.24) is 0 Å². The molecule has 0 N–H and O–H groups in total. The molecule has 0 amide bonds. The second-order valence-corrected chi connectivity index (χ2v) is 3.22. The fraction of sp³-hybridized carbons (Fsp3) is 0.364. The molecule has 0 aromatic carbocycles. The Morgan fingerprint density at radius 1 is 1.31 bits per heavy atom. The molecule has 1 aromatic heterocycles. The summed E-state index contributed by atoms with van der Waals surface area (Å²) in [5.74, 6) is -0.790. The number of carbonyl (C=O) groups is 3. The molecule has 1 heterocycles. The Kier molecular flexibility index (Phi) is 4.44. The predicted octanol–water partition coefficient (Wildman–Crippen LogP) is 1.37. The summed E-state index contributed by atoms with van der Waals surface area (Å²) in [7, 11) is 0. The highest BCUT2D eigenvalue weighted by molar-refractivity contribution is 5.96. The van der Waals surface area contributed by atoms with Crippen molar-refractivity contribution in [1.29, 1.82) is 0 Å². The van der Waals surface area contributed by atoms with Crippen molar-refractivity contribution in [2.24, 2.45) is 0 Å². The van der Waals surface area contributed by atoms with E-state index in [9.17, 15) is 14.4 Å². The van der Waals surface area contributed by atoms with Crippen molar-refractivity contribution in [3.05, 3.63) is 24.2 Å². The summed E-state index contributed by atoms with van der Waals surface area (Å²) in [5, 5.41) is 0. The quantitative estimate of drug-likeness (QED) is 0.539. The number of esters is 1. The van der Waals surface area contributed by atoms with Crippen LogP contribution in [0.1, 0.15) is 30.3 Å². The summed E-state index contributed by atoms with van der Waals surface area (Å²) < 4.78 is 9.38. The van der Waals surface area contributed by atoms with E-state index in [-0.39, 0.29) is 36.8 Å². The topological polar surface area (TPSA) is 73.6 Å². The van der Waals surface area contributed by atoms with Gasteiger partial charge in [-0.3, -0.25) is 14.4 Å².